The molecule has 0 nitrogen and oxygen atoms in total. The Morgan fingerprint density at radius 2 is 1.53 bits per heavy atom. The fourth-order valence-electron chi connectivity index (χ4n) is 3.15. The van der Waals surface area contributed by atoms with Crippen LogP contribution in [0, 0.1) is 0 Å². The Morgan fingerprint density at radius 3 is 2.07 bits per heavy atom. The van der Waals surface area contributed by atoms with E-state index in [0.29, 0.717) is 0 Å². The Labute approximate surface area is 94.7 Å². The predicted molar refractivity (Wildman–Crippen MR) is 70.4 cm³/mol. The van der Waals surface area contributed by atoms with Crippen molar-refractivity contribution < 1.29 is 0 Å². The molecular formula is C14H22Si. The second-order valence-electron chi connectivity index (χ2n) is 5.24. The first-order valence-electron chi connectivity index (χ1n) is 6.31. The minimum atomic E-state index is -1.14. The van der Waals surface area contributed by atoms with Crippen LogP contribution in [0.4, 0.5) is 0 Å². The molecule has 15 heavy (non-hydrogen) atoms. The van der Waals surface area contributed by atoms with Gasteiger partial charge < -0.3 is 0 Å². The van der Waals surface area contributed by atoms with Crippen LogP contribution >= 0.6 is 0 Å². The summed E-state index contributed by atoms with van der Waals surface area (Å²) in [6, 6.07) is 14.4. The Hall–Kier alpha value is -0.563. The van der Waals surface area contributed by atoms with Crippen LogP contribution in [0.3, 0.4) is 0 Å². The van der Waals surface area contributed by atoms with Gasteiger partial charge >= 0.3 is 0 Å². The lowest BCUT2D eigenvalue weighted by Gasteiger charge is -2.39. The first kappa shape index (κ1) is 10.9. The molecule has 2 rings (SSSR count). The third-order valence-corrected chi connectivity index (χ3v) is 10.4. The zero-order valence-corrected chi connectivity index (χ0v) is 11.0. The molecule has 0 amide bonds. The third-order valence-electron chi connectivity index (χ3n) is 4.20. The van der Waals surface area contributed by atoms with E-state index in [1.54, 1.807) is 5.19 Å². The van der Waals surface area contributed by atoms with Crippen molar-refractivity contribution in [2.75, 3.05) is 0 Å². The van der Waals surface area contributed by atoms with Crippen molar-refractivity contribution in [1.82, 2.24) is 0 Å². The normalized spacial score (nSPS) is 20.5. The van der Waals surface area contributed by atoms with Gasteiger partial charge in [-0.1, -0.05) is 80.7 Å². The van der Waals surface area contributed by atoms with E-state index in [2.05, 4.69) is 44.2 Å². The minimum absolute atomic E-state index is 0.903. The van der Waals surface area contributed by atoms with Gasteiger partial charge in [-0.05, 0) is 5.54 Å². The molecule has 0 spiro atoms. The van der Waals surface area contributed by atoms with Gasteiger partial charge in [0.1, 0.15) is 0 Å². The predicted octanol–water partition coefficient (Wildman–Crippen LogP) is 3.94. The number of hydrogen-bond acceptors (Lipinski definition) is 0. The van der Waals surface area contributed by atoms with Crippen LogP contribution < -0.4 is 5.19 Å². The lowest BCUT2D eigenvalue weighted by atomic mass is 10.3. The first-order chi connectivity index (χ1) is 7.26. The Bertz CT molecular complexity index is 296. The van der Waals surface area contributed by atoms with E-state index in [0.717, 1.165) is 5.54 Å². The zero-order chi connectivity index (χ0) is 10.7. The highest BCUT2D eigenvalue weighted by atomic mass is 28.3. The Kier molecular flexibility index (Phi) is 3.30. The SMILES string of the molecule is CC(C)[Si]1(c2ccccc2)CCCCC1. The highest BCUT2D eigenvalue weighted by Gasteiger charge is 2.38. The quantitative estimate of drug-likeness (QED) is 0.660. The molecular weight excluding hydrogens is 196 g/mol. The van der Waals surface area contributed by atoms with Crippen LogP contribution in [-0.4, -0.2) is 8.07 Å². The summed E-state index contributed by atoms with van der Waals surface area (Å²) in [4.78, 5) is 0. The average Bonchev–Trinajstić information content (AvgIpc) is 2.31. The van der Waals surface area contributed by atoms with Gasteiger partial charge in [-0.3, -0.25) is 0 Å². The van der Waals surface area contributed by atoms with Crippen LogP contribution in [0.2, 0.25) is 17.6 Å². The Morgan fingerprint density at radius 1 is 0.933 bits per heavy atom. The summed E-state index contributed by atoms with van der Waals surface area (Å²) >= 11 is 0. The molecule has 1 aromatic rings. The van der Waals surface area contributed by atoms with Gasteiger partial charge in [0.05, 0.1) is 8.07 Å². The van der Waals surface area contributed by atoms with Gasteiger partial charge in [-0.15, -0.1) is 0 Å². The number of rotatable bonds is 2. The number of benzene rings is 1. The molecule has 0 N–H and O–H groups in total. The second-order valence-corrected chi connectivity index (χ2v) is 10.3. The molecule has 1 saturated heterocycles. The molecule has 82 valence electrons. The first-order valence-corrected chi connectivity index (χ1v) is 8.80. The third kappa shape index (κ3) is 2.03. The molecule has 0 unspecified atom stereocenters. The smallest absolute Gasteiger partial charge is 0.0649 e. The maximum absolute atomic E-state index is 2.45. The monoisotopic (exact) mass is 218 g/mol. The summed E-state index contributed by atoms with van der Waals surface area (Å²) in [5.74, 6) is 0. The van der Waals surface area contributed by atoms with Crippen molar-refractivity contribution in [3.8, 4) is 0 Å². The second kappa shape index (κ2) is 4.52. The number of hydrogen-bond donors (Lipinski definition) is 0. The Balaban J connectivity index is 2.34. The van der Waals surface area contributed by atoms with E-state index in [9.17, 15) is 0 Å². The van der Waals surface area contributed by atoms with E-state index < -0.39 is 8.07 Å². The lowest BCUT2D eigenvalue weighted by molar-refractivity contribution is 0.699. The summed E-state index contributed by atoms with van der Waals surface area (Å²) in [5, 5.41) is 1.71. The summed E-state index contributed by atoms with van der Waals surface area (Å²) in [5.41, 5.74) is 0.903. The summed E-state index contributed by atoms with van der Waals surface area (Å²) in [6.45, 7) is 4.90. The highest BCUT2D eigenvalue weighted by molar-refractivity contribution is 6.93. The average molecular weight is 218 g/mol. The minimum Gasteiger partial charge on any atom is -0.0649 e. The van der Waals surface area contributed by atoms with Gasteiger partial charge in [0.15, 0.2) is 0 Å². The van der Waals surface area contributed by atoms with Gasteiger partial charge in [0, 0.05) is 0 Å². The van der Waals surface area contributed by atoms with E-state index in [1.807, 2.05) is 0 Å². The van der Waals surface area contributed by atoms with Gasteiger partial charge in [0.25, 0.3) is 0 Å². The van der Waals surface area contributed by atoms with Crippen LogP contribution in [0.1, 0.15) is 33.1 Å². The van der Waals surface area contributed by atoms with E-state index >= 15 is 0 Å². The van der Waals surface area contributed by atoms with Crippen LogP contribution in [0.15, 0.2) is 30.3 Å². The van der Waals surface area contributed by atoms with Crippen LogP contribution in [-0.2, 0) is 0 Å². The standard InChI is InChI=1S/C14H22Si/c1-13(2)15(11-7-4-8-12-15)14-9-5-3-6-10-14/h3,5-6,9-10,13H,4,7-8,11-12H2,1-2H3. The molecule has 0 saturated carbocycles. The molecule has 1 aliphatic heterocycles. The zero-order valence-electron chi connectivity index (χ0n) is 10.00. The van der Waals surface area contributed by atoms with E-state index in [-0.39, 0.29) is 0 Å². The molecule has 0 aromatic heterocycles. The van der Waals surface area contributed by atoms with Crippen molar-refractivity contribution in [2.24, 2.45) is 0 Å². The van der Waals surface area contributed by atoms with Gasteiger partial charge in [-0.25, -0.2) is 0 Å². The van der Waals surface area contributed by atoms with Crippen molar-refractivity contribution >= 4 is 13.3 Å². The maximum Gasteiger partial charge on any atom is 0.0892 e. The largest absolute Gasteiger partial charge is 0.0892 e. The van der Waals surface area contributed by atoms with Crippen molar-refractivity contribution in [3.05, 3.63) is 30.3 Å². The fraction of sp³-hybridized carbons (Fsp3) is 0.571. The molecule has 1 aromatic carbocycles. The molecule has 0 atom stereocenters. The van der Waals surface area contributed by atoms with Crippen molar-refractivity contribution in [1.29, 1.82) is 0 Å². The summed E-state index contributed by atoms with van der Waals surface area (Å²) in [6.07, 6.45) is 4.41. The van der Waals surface area contributed by atoms with Gasteiger partial charge in [-0.2, -0.15) is 0 Å². The molecule has 1 heterocycles. The van der Waals surface area contributed by atoms with E-state index in [4.69, 9.17) is 0 Å². The topological polar surface area (TPSA) is 0 Å². The molecule has 0 radical (unpaired) electrons. The molecule has 0 bridgehead atoms. The molecule has 1 fully saturated rings. The molecule has 1 heteroatoms. The highest BCUT2D eigenvalue weighted by Crippen LogP contribution is 2.36. The van der Waals surface area contributed by atoms with Crippen LogP contribution in [0.5, 0.6) is 0 Å². The van der Waals surface area contributed by atoms with Crippen molar-refractivity contribution in [3.63, 3.8) is 0 Å². The van der Waals surface area contributed by atoms with E-state index in [1.165, 1.54) is 31.4 Å². The van der Waals surface area contributed by atoms with Crippen LogP contribution in [0.25, 0.3) is 0 Å². The molecule has 0 aliphatic carbocycles. The molecule has 1 aliphatic rings. The fourth-order valence-corrected chi connectivity index (χ4v) is 8.42. The van der Waals surface area contributed by atoms with Crippen molar-refractivity contribution in [2.45, 2.75) is 50.7 Å². The lowest BCUT2D eigenvalue weighted by Crippen LogP contribution is -2.51. The van der Waals surface area contributed by atoms with Gasteiger partial charge in [0.2, 0.25) is 0 Å². The summed E-state index contributed by atoms with van der Waals surface area (Å²) < 4.78 is 0. The summed E-state index contributed by atoms with van der Waals surface area (Å²) in [7, 11) is -1.14. The maximum atomic E-state index is 2.45.